The maximum Gasteiger partial charge on any atom is 0.309 e. The summed E-state index contributed by atoms with van der Waals surface area (Å²) in [6.07, 6.45) is 12.4. The van der Waals surface area contributed by atoms with Crippen LogP contribution in [0.5, 0.6) is 0 Å². The molecule has 0 saturated heterocycles. The van der Waals surface area contributed by atoms with Gasteiger partial charge in [0.1, 0.15) is 11.1 Å². The molecule has 8 heteroatoms. The van der Waals surface area contributed by atoms with Gasteiger partial charge in [0.15, 0.2) is 6.54 Å². The third-order valence-corrected chi connectivity index (χ3v) is 10.9. The van der Waals surface area contributed by atoms with Crippen LogP contribution in [0.15, 0.2) is 143 Å². The number of anilines is 1. The fourth-order valence-corrected chi connectivity index (χ4v) is 8.60. The fourth-order valence-electron chi connectivity index (χ4n) is 6.13. The van der Waals surface area contributed by atoms with Gasteiger partial charge in [-0.15, -0.1) is 0 Å². The number of nitrogens with zero attached hydrogens (tertiary/aromatic N) is 2. The molecule has 0 amide bonds. The number of hydrogen-bond donors (Lipinski definition) is 2. The van der Waals surface area contributed by atoms with E-state index in [1.165, 1.54) is 0 Å². The van der Waals surface area contributed by atoms with E-state index < -0.39 is 11.9 Å². The number of carboxylic acids is 2. The van der Waals surface area contributed by atoms with E-state index in [0.29, 0.717) is 13.1 Å². The van der Waals surface area contributed by atoms with Crippen molar-refractivity contribution in [2.75, 3.05) is 11.4 Å². The first kappa shape index (κ1) is 32.1. The molecule has 0 saturated carbocycles. The fraction of sp³-hybridized carbons (Fsp3) is 0.0976. The Bertz CT molecular complexity index is 2340. The zero-order valence-electron chi connectivity index (χ0n) is 26.5. The molecule has 0 atom stereocenters. The summed E-state index contributed by atoms with van der Waals surface area (Å²) < 4.78 is 3.23. The summed E-state index contributed by atoms with van der Waals surface area (Å²) in [7, 11) is 0. The van der Waals surface area contributed by atoms with Crippen molar-refractivity contribution in [3.63, 3.8) is 0 Å². The lowest BCUT2D eigenvalue weighted by Gasteiger charge is -2.19. The predicted molar refractivity (Wildman–Crippen MR) is 202 cm³/mol. The molecule has 49 heavy (non-hydrogen) atoms. The Labute approximate surface area is 292 Å². The van der Waals surface area contributed by atoms with E-state index in [4.69, 9.17) is 0 Å². The van der Waals surface area contributed by atoms with E-state index in [1.54, 1.807) is 23.1 Å². The second-order valence-corrected chi connectivity index (χ2v) is 13.7. The first-order chi connectivity index (χ1) is 24.0. The predicted octanol–water partition coefficient (Wildman–Crippen LogP) is 9.55. The number of aromatic nitrogens is 1. The Morgan fingerprint density at radius 3 is 2.22 bits per heavy atom. The van der Waals surface area contributed by atoms with Crippen molar-refractivity contribution in [1.82, 2.24) is 0 Å². The molecule has 1 aliphatic rings. The van der Waals surface area contributed by atoms with Gasteiger partial charge in [-0.05, 0) is 45.5 Å². The Morgan fingerprint density at radius 1 is 0.755 bits per heavy atom. The van der Waals surface area contributed by atoms with E-state index in [0.717, 1.165) is 63.5 Å². The van der Waals surface area contributed by atoms with Crippen molar-refractivity contribution in [2.24, 2.45) is 0 Å². The van der Waals surface area contributed by atoms with Crippen LogP contribution in [0, 0.1) is 0 Å². The minimum Gasteiger partial charge on any atom is -0.481 e. The summed E-state index contributed by atoms with van der Waals surface area (Å²) in [5, 5.41) is 25.5. The minimum atomic E-state index is -0.827. The van der Waals surface area contributed by atoms with E-state index in [2.05, 4.69) is 94.4 Å². The lowest BCUT2D eigenvalue weighted by atomic mass is 10.0. The van der Waals surface area contributed by atoms with E-state index >= 15 is 0 Å². The SMILES string of the molecule is O=C(O)CCN1C(=CC=CC(=CC=Cc2sc3c4ccccc4ccc3[n+]2CCC(=O)O)c2ccccc2)Sc2c1ccc1ccccc21. The van der Waals surface area contributed by atoms with Crippen LogP contribution >= 0.6 is 23.1 Å². The molecule has 1 aliphatic heterocycles. The average molecular weight is 682 g/mol. The molecule has 6 nitrogen and oxygen atoms in total. The average Bonchev–Trinajstić information content (AvgIpc) is 3.67. The first-order valence-corrected chi connectivity index (χ1v) is 17.7. The Balaban J connectivity index is 1.23. The molecule has 6 aromatic rings. The van der Waals surface area contributed by atoms with Crippen LogP contribution in [0.4, 0.5) is 5.69 Å². The largest absolute Gasteiger partial charge is 0.481 e. The molecule has 242 valence electrons. The number of thioether (sulfide) groups is 1. The molecule has 2 heterocycles. The zero-order chi connectivity index (χ0) is 33.7. The highest BCUT2D eigenvalue weighted by Gasteiger charge is 2.27. The lowest BCUT2D eigenvalue weighted by molar-refractivity contribution is -0.667. The molecule has 0 radical (unpaired) electrons. The van der Waals surface area contributed by atoms with Gasteiger partial charge in [-0.3, -0.25) is 9.59 Å². The summed E-state index contributed by atoms with van der Waals surface area (Å²) in [6, 6.07) is 35.0. The Hall–Kier alpha value is -5.44. The van der Waals surface area contributed by atoms with Crippen LogP contribution in [0.25, 0.3) is 43.4 Å². The van der Waals surface area contributed by atoms with Gasteiger partial charge < -0.3 is 15.1 Å². The van der Waals surface area contributed by atoms with Crippen LogP contribution in [-0.2, 0) is 16.1 Å². The number of rotatable bonds is 11. The summed E-state index contributed by atoms with van der Waals surface area (Å²) >= 11 is 3.33. The zero-order valence-corrected chi connectivity index (χ0v) is 28.2. The van der Waals surface area contributed by atoms with Crippen LogP contribution in [-0.4, -0.2) is 28.7 Å². The highest BCUT2D eigenvalue weighted by atomic mass is 32.2. The van der Waals surface area contributed by atoms with Crippen molar-refractivity contribution in [3.05, 3.63) is 149 Å². The standard InChI is InChI=1S/C41H32N2O4S2/c44-38(45)24-26-42-34-22-20-30-12-4-6-16-32(30)40(34)48-36(42)18-8-14-29(28-10-2-1-3-11-28)15-9-19-37-43(27-25-39(46)47)35-23-21-31-13-5-7-17-33(31)41(35)49-37/h1-23H,24-27H2,(H-,44,45,46,47)/p+1. The van der Waals surface area contributed by atoms with Crippen LogP contribution in [0.2, 0.25) is 0 Å². The highest BCUT2D eigenvalue weighted by Crippen LogP contribution is 2.49. The van der Waals surface area contributed by atoms with Gasteiger partial charge >= 0.3 is 11.9 Å². The number of hydrogen-bond acceptors (Lipinski definition) is 5. The van der Waals surface area contributed by atoms with Crippen molar-refractivity contribution < 1.29 is 24.4 Å². The maximum absolute atomic E-state index is 11.5. The van der Waals surface area contributed by atoms with Crippen LogP contribution in [0.3, 0.4) is 0 Å². The van der Waals surface area contributed by atoms with Crippen molar-refractivity contribution in [3.8, 4) is 0 Å². The first-order valence-electron chi connectivity index (χ1n) is 16.0. The molecule has 0 unspecified atom stereocenters. The van der Waals surface area contributed by atoms with E-state index in [1.807, 2.05) is 54.6 Å². The van der Waals surface area contributed by atoms with Crippen molar-refractivity contribution in [1.29, 1.82) is 0 Å². The number of aryl methyl sites for hydroxylation is 1. The molecule has 2 N–H and O–H groups in total. The number of fused-ring (bicyclic) bond motifs is 6. The molecule has 1 aromatic heterocycles. The number of aliphatic carboxylic acids is 2. The number of carbonyl (C=O) groups is 2. The number of benzene rings is 5. The van der Waals surface area contributed by atoms with Gasteiger partial charge in [-0.2, -0.15) is 4.57 Å². The van der Waals surface area contributed by atoms with Crippen molar-refractivity contribution in [2.45, 2.75) is 24.3 Å². The van der Waals surface area contributed by atoms with Crippen LogP contribution < -0.4 is 9.47 Å². The monoisotopic (exact) mass is 681 g/mol. The van der Waals surface area contributed by atoms with Gasteiger partial charge in [0, 0.05) is 29.0 Å². The Morgan fingerprint density at radius 2 is 1.45 bits per heavy atom. The van der Waals surface area contributed by atoms with Crippen molar-refractivity contribution >= 4 is 84.1 Å². The summed E-state index contributed by atoms with van der Waals surface area (Å²) in [6.45, 7) is 0.758. The summed E-state index contributed by atoms with van der Waals surface area (Å²) in [5.41, 5.74) is 4.11. The molecular formula is C41H33N2O4S2+. The summed E-state index contributed by atoms with van der Waals surface area (Å²) in [4.78, 5) is 26.3. The third kappa shape index (κ3) is 6.92. The van der Waals surface area contributed by atoms with E-state index in [-0.39, 0.29) is 12.8 Å². The summed E-state index contributed by atoms with van der Waals surface area (Å²) in [5.74, 6) is -1.65. The molecule has 5 aromatic carbocycles. The van der Waals surface area contributed by atoms with Gasteiger partial charge in [0.25, 0.3) is 5.01 Å². The van der Waals surface area contributed by atoms with E-state index in [9.17, 15) is 19.8 Å². The van der Waals surface area contributed by atoms with Gasteiger partial charge in [0.05, 0.1) is 17.1 Å². The van der Waals surface area contributed by atoms with Gasteiger partial charge in [0.2, 0.25) is 5.52 Å². The number of carboxylic acid groups (broad SMARTS) is 2. The number of allylic oxidation sites excluding steroid dienone is 6. The van der Waals surface area contributed by atoms with Gasteiger partial charge in [-0.25, -0.2) is 0 Å². The smallest absolute Gasteiger partial charge is 0.309 e. The maximum atomic E-state index is 11.5. The molecule has 0 aliphatic carbocycles. The van der Waals surface area contributed by atoms with Crippen LogP contribution in [0.1, 0.15) is 23.4 Å². The highest BCUT2D eigenvalue weighted by molar-refractivity contribution is 8.04. The van der Waals surface area contributed by atoms with Gasteiger partial charge in [-0.1, -0.05) is 132 Å². The third-order valence-electron chi connectivity index (χ3n) is 8.48. The molecule has 0 bridgehead atoms. The lowest BCUT2D eigenvalue weighted by Crippen LogP contribution is -2.36. The molecule has 0 fully saturated rings. The second-order valence-electron chi connectivity index (χ2n) is 11.6. The molecular weight excluding hydrogens is 649 g/mol. The Kier molecular flexibility index (Phi) is 9.41. The topological polar surface area (TPSA) is 81.7 Å². The normalized spacial score (nSPS) is 14.2. The molecule has 0 spiro atoms. The second kappa shape index (κ2) is 14.4. The minimum absolute atomic E-state index is 0.0355. The molecule has 7 rings (SSSR count). The quantitative estimate of drug-likeness (QED) is 0.105. The number of thiazole rings is 1.